The molecule has 0 fully saturated rings. The van der Waals surface area contributed by atoms with Crippen molar-refractivity contribution in [1.82, 2.24) is 5.32 Å². The van der Waals surface area contributed by atoms with Gasteiger partial charge in [-0.05, 0) is 44.9 Å². The van der Waals surface area contributed by atoms with Crippen LogP contribution in [0.25, 0.3) is 0 Å². The Bertz CT molecular complexity index is 395. The highest BCUT2D eigenvalue weighted by molar-refractivity contribution is 9.10. The Morgan fingerprint density at radius 1 is 1.39 bits per heavy atom. The average Bonchev–Trinajstić information content (AvgIpc) is 2.18. The van der Waals surface area contributed by atoms with Gasteiger partial charge in [0.25, 0.3) is 0 Å². The van der Waals surface area contributed by atoms with Crippen LogP contribution < -0.4 is 11.1 Å². The van der Waals surface area contributed by atoms with Gasteiger partial charge in [-0.25, -0.2) is 0 Å². The number of hydrogen-bond donors (Lipinski definition) is 2. The van der Waals surface area contributed by atoms with Crippen molar-refractivity contribution in [2.75, 3.05) is 0 Å². The van der Waals surface area contributed by atoms with Gasteiger partial charge in [0.15, 0.2) is 0 Å². The highest BCUT2D eigenvalue weighted by atomic mass is 79.9. The second-order valence-electron chi connectivity index (χ2n) is 5.46. The standard InChI is InChI=1S/C14H21BrN2O/c1-10(17-13(18)9-14(2,3)16)8-11-4-6-12(15)7-5-11/h4-7,10H,8-9,16H2,1-3H3,(H,17,18). The maximum atomic E-state index is 11.7. The second-order valence-corrected chi connectivity index (χ2v) is 6.38. The Balaban J connectivity index is 2.44. The number of amides is 1. The van der Waals surface area contributed by atoms with Gasteiger partial charge in [-0.1, -0.05) is 28.1 Å². The normalized spacial score (nSPS) is 13.2. The van der Waals surface area contributed by atoms with Crippen molar-refractivity contribution in [2.45, 2.75) is 45.2 Å². The van der Waals surface area contributed by atoms with Crippen LogP contribution in [0.3, 0.4) is 0 Å². The van der Waals surface area contributed by atoms with Gasteiger partial charge in [0, 0.05) is 22.5 Å². The highest BCUT2D eigenvalue weighted by Crippen LogP contribution is 2.12. The van der Waals surface area contributed by atoms with E-state index in [4.69, 9.17) is 5.73 Å². The number of benzene rings is 1. The Hall–Kier alpha value is -0.870. The molecule has 3 N–H and O–H groups in total. The molecule has 1 aromatic rings. The molecule has 0 saturated heterocycles. The van der Waals surface area contributed by atoms with E-state index >= 15 is 0 Å². The number of halogens is 1. The summed E-state index contributed by atoms with van der Waals surface area (Å²) in [6, 6.07) is 8.24. The summed E-state index contributed by atoms with van der Waals surface area (Å²) in [6.07, 6.45) is 1.17. The van der Waals surface area contributed by atoms with Crippen LogP contribution in [0, 0.1) is 0 Å². The molecule has 0 radical (unpaired) electrons. The summed E-state index contributed by atoms with van der Waals surface area (Å²) in [4.78, 5) is 11.7. The van der Waals surface area contributed by atoms with Crippen molar-refractivity contribution in [2.24, 2.45) is 5.73 Å². The number of nitrogens with two attached hydrogens (primary N) is 1. The molecule has 1 amide bonds. The summed E-state index contributed by atoms with van der Waals surface area (Å²) in [6.45, 7) is 5.71. The molecule has 3 nitrogen and oxygen atoms in total. The molecule has 1 aromatic carbocycles. The fourth-order valence-corrected chi connectivity index (χ4v) is 2.03. The number of rotatable bonds is 5. The van der Waals surface area contributed by atoms with E-state index in [1.807, 2.05) is 32.9 Å². The maximum Gasteiger partial charge on any atom is 0.222 e. The monoisotopic (exact) mass is 312 g/mol. The van der Waals surface area contributed by atoms with Gasteiger partial charge in [-0.3, -0.25) is 4.79 Å². The molecule has 100 valence electrons. The Labute approximate surface area is 117 Å². The average molecular weight is 313 g/mol. The van der Waals surface area contributed by atoms with Crippen LogP contribution >= 0.6 is 15.9 Å². The van der Waals surface area contributed by atoms with Crippen LogP contribution in [0.15, 0.2) is 28.7 Å². The molecule has 1 unspecified atom stereocenters. The van der Waals surface area contributed by atoms with Crippen LogP contribution in [0.2, 0.25) is 0 Å². The van der Waals surface area contributed by atoms with Gasteiger partial charge >= 0.3 is 0 Å². The molecule has 1 rings (SSSR count). The predicted octanol–water partition coefficient (Wildman–Crippen LogP) is 2.62. The predicted molar refractivity (Wildman–Crippen MR) is 78.3 cm³/mol. The third-order valence-corrected chi connectivity index (χ3v) is 3.01. The minimum absolute atomic E-state index is 0.00658. The van der Waals surface area contributed by atoms with Crippen molar-refractivity contribution < 1.29 is 4.79 Å². The Morgan fingerprint density at radius 2 is 1.94 bits per heavy atom. The summed E-state index contributed by atoms with van der Waals surface area (Å²) in [5, 5.41) is 2.97. The van der Waals surface area contributed by atoms with Crippen molar-refractivity contribution in [1.29, 1.82) is 0 Å². The second kappa shape index (κ2) is 6.34. The first kappa shape index (κ1) is 15.2. The van der Waals surface area contributed by atoms with Gasteiger partial charge in [-0.2, -0.15) is 0 Å². The van der Waals surface area contributed by atoms with Crippen LogP contribution in [0.5, 0.6) is 0 Å². The van der Waals surface area contributed by atoms with Crippen molar-refractivity contribution in [3.8, 4) is 0 Å². The summed E-state index contributed by atoms with van der Waals surface area (Å²) in [5.74, 6) is 0.00658. The lowest BCUT2D eigenvalue weighted by atomic mass is 10.0. The SMILES string of the molecule is CC(Cc1ccc(Br)cc1)NC(=O)CC(C)(C)N. The lowest BCUT2D eigenvalue weighted by Gasteiger charge is -2.20. The Kier molecular flexibility index (Phi) is 5.35. The Morgan fingerprint density at radius 3 is 2.44 bits per heavy atom. The molecular weight excluding hydrogens is 292 g/mol. The molecular formula is C14H21BrN2O. The molecule has 0 aliphatic rings. The first-order valence-corrected chi connectivity index (χ1v) is 6.88. The third kappa shape index (κ3) is 6.17. The minimum atomic E-state index is -0.457. The summed E-state index contributed by atoms with van der Waals surface area (Å²) < 4.78 is 1.06. The smallest absolute Gasteiger partial charge is 0.222 e. The molecule has 0 heterocycles. The zero-order valence-corrected chi connectivity index (χ0v) is 12.8. The van der Waals surface area contributed by atoms with Crippen LogP contribution in [-0.4, -0.2) is 17.5 Å². The summed E-state index contributed by atoms with van der Waals surface area (Å²) in [7, 11) is 0. The molecule has 4 heteroatoms. The van der Waals surface area contributed by atoms with Gasteiger partial charge in [-0.15, -0.1) is 0 Å². The van der Waals surface area contributed by atoms with Gasteiger partial charge in [0.05, 0.1) is 0 Å². The first-order valence-electron chi connectivity index (χ1n) is 6.09. The molecule has 0 spiro atoms. The molecule has 0 saturated carbocycles. The number of nitrogens with one attached hydrogen (secondary N) is 1. The van der Waals surface area contributed by atoms with Gasteiger partial charge in [0.1, 0.15) is 0 Å². The molecule has 1 atom stereocenters. The van der Waals surface area contributed by atoms with Crippen LogP contribution in [0.1, 0.15) is 32.8 Å². The number of carbonyl (C=O) groups excluding carboxylic acids is 1. The maximum absolute atomic E-state index is 11.7. The van der Waals surface area contributed by atoms with Crippen molar-refractivity contribution in [3.63, 3.8) is 0 Å². The van der Waals surface area contributed by atoms with E-state index in [2.05, 4.69) is 33.4 Å². The third-order valence-electron chi connectivity index (χ3n) is 2.48. The lowest BCUT2D eigenvalue weighted by Crippen LogP contribution is -2.42. The minimum Gasteiger partial charge on any atom is -0.353 e. The van der Waals surface area contributed by atoms with Crippen LogP contribution in [-0.2, 0) is 11.2 Å². The van der Waals surface area contributed by atoms with E-state index in [1.165, 1.54) is 5.56 Å². The topological polar surface area (TPSA) is 55.1 Å². The molecule has 18 heavy (non-hydrogen) atoms. The first-order chi connectivity index (χ1) is 8.26. The largest absolute Gasteiger partial charge is 0.353 e. The quantitative estimate of drug-likeness (QED) is 0.878. The molecule has 0 aliphatic carbocycles. The lowest BCUT2D eigenvalue weighted by molar-refractivity contribution is -0.122. The van der Waals surface area contributed by atoms with E-state index in [1.54, 1.807) is 0 Å². The van der Waals surface area contributed by atoms with Gasteiger partial charge in [0.2, 0.25) is 5.91 Å². The molecule has 0 aromatic heterocycles. The highest BCUT2D eigenvalue weighted by Gasteiger charge is 2.17. The van der Waals surface area contributed by atoms with E-state index in [0.717, 1.165) is 10.9 Å². The van der Waals surface area contributed by atoms with E-state index in [-0.39, 0.29) is 11.9 Å². The number of hydrogen-bond acceptors (Lipinski definition) is 2. The van der Waals surface area contributed by atoms with Crippen molar-refractivity contribution in [3.05, 3.63) is 34.3 Å². The zero-order chi connectivity index (χ0) is 13.8. The summed E-state index contributed by atoms with van der Waals surface area (Å²) in [5.41, 5.74) is 6.56. The fourth-order valence-electron chi connectivity index (χ4n) is 1.76. The number of carbonyl (C=O) groups is 1. The van der Waals surface area contributed by atoms with Crippen molar-refractivity contribution >= 4 is 21.8 Å². The van der Waals surface area contributed by atoms with E-state index in [9.17, 15) is 4.79 Å². The molecule has 0 aliphatic heterocycles. The zero-order valence-electron chi connectivity index (χ0n) is 11.2. The molecule has 0 bridgehead atoms. The summed E-state index contributed by atoms with van der Waals surface area (Å²) >= 11 is 3.40. The van der Waals surface area contributed by atoms with E-state index in [0.29, 0.717) is 6.42 Å². The fraction of sp³-hybridized carbons (Fsp3) is 0.500. The van der Waals surface area contributed by atoms with Crippen LogP contribution in [0.4, 0.5) is 0 Å². The van der Waals surface area contributed by atoms with Gasteiger partial charge < -0.3 is 11.1 Å². The van der Waals surface area contributed by atoms with E-state index < -0.39 is 5.54 Å².